The molecule has 6 nitrogen and oxygen atoms in total. The van der Waals surface area contributed by atoms with Crippen molar-refractivity contribution in [3.63, 3.8) is 0 Å². The molecule has 3 aromatic rings. The number of methoxy groups -OCH3 is 1. The highest BCUT2D eigenvalue weighted by molar-refractivity contribution is 6.31. The Labute approximate surface area is 168 Å². The molecule has 0 fully saturated rings. The Kier molecular flexibility index (Phi) is 6.70. The molecule has 0 aliphatic heterocycles. The molecule has 0 spiro atoms. The molecule has 3 rings (SSSR count). The minimum absolute atomic E-state index is 0.147. The molecular formula is C21H23ClN2O4. The molecule has 0 saturated carbocycles. The molecule has 1 atom stereocenters. The number of aromatic nitrogens is 1. The van der Waals surface area contributed by atoms with Gasteiger partial charge in [0, 0.05) is 29.7 Å². The quantitative estimate of drug-likeness (QED) is 0.537. The first-order valence-electron chi connectivity index (χ1n) is 8.97. The zero-order chi connectivity index (χ0) is 20.1. The molecule has 0 unspecified atom stereocenters. The first kappa shape index (κ1) is 20.4. The van der Waals surface area contributed by atoms with E-state index in [1.54, 1.807) is 17.7 Å². The molecule has 0 aliphatic rings. The third kappa shape index (κ3) is 4.54. The van der Waals surface area contributed by atoms with Crippen LogP contribution in [-0.2, 0) is 13.1 Å². The summed E-state index contributed by atoms with van der Waals surface area (Å²) in [5.74, 6) is 0.664. The van der Waals surface area contributed by atoms with Crippen molar-refractivity contribution in [3.8, 4) is 5.75 Å². The number of nitrogens with one attached hydrogen (secondary N) is 1. The van der Waals surface area contributed by atoms with E-state index in [2.05, 4.69) is 5.32 Å². The van der Waals surface area contributed by atoms with Crippen LogP contribution in [0.3, 0.4) is 0 Å². The number of hydrogen-bond donors (Lipinski definition) is 3. The van der Waals surface area contributed by atoms with E-state index < -0.39 is 6.10 Å². The molecule has 2 aromatic carbocycles. The number of aliphatic hydroxyl groups is 2. The Morgan fingerprint density at radius 1 is 1.18 bits per heavy atom. The van der Waals surface area contributed by atoms with Gasteiger partial charge in [0.1, 0.15) is 5.75 Å². The number of fused-ring (bicyclic) bond motifs is 1. The maximum absolute atomic E-state index is 13.2. The summed E-state index contributed by atoms with van der Waals surface area (Å²) in [4.78, 5) is 13.2. The van der Waals surface area contributed by atoms with Gasteiger partial charge < -0.3 is 24.8 Å². The molecule has 0 radical (unpaired) electrons. The van der Waals surface area contributed by atoms with Crippen molar-refractivity contribution in [2.24, 2.45) is 0 Å². The number of nitrogens with zero attached hydrogens (tertiary/aromatic N) is 1. The van der Waals surface area contributed by atoms with Gasteiger partial charge in [-0.25, -0.2) is 0 Å². The van der Waals surface area contributed by atoms with Crippen LogP contribution in [0.15, 0.2) is 53.3 Å². The van der Waals surface area contributed by atoms with Crippen LogP contribution in [0.25, 0.3) is 10.9 Å². The second-order valence-corrected chi connectivity index (χ2v) is 6.95. The highest BCUT2D eigenvalue weighted by Crippen LogP contribution is 2.23. The largest absolute Gasteiger partial charge is 0.497 e. The SMILES string of the molecule is COc1ccc2cc(CNC[C@@H](O)CO)c(=O)n(Cc3ccccc3Cl)c2c1. The van der Waals surface area contributed by atoms with Gasteiger partial charge in [-0.05, 0) is 35.2 Å². The van der Waals surface area contributed by atoms with Gasteiger partial charge in [0.25, 0.3) is 5.56 Å². The van der Waals surface area contributed by atoms with Gasteiger partial charge in [-0.1, -0.05) is 29.8 Å². The number of ether oxygens (including phenoxy) is 1. The maximum atomic E-state index is 13.2. The van der Waals surface area contributed by atoms with Crippen LogP contribution in [0.2, 0.25) is 5.02 Å². The summed E-state index contributed by atoms with van der Waals surface area (Å²) in [6.07, 6.45) is -0.866. The zero-order valence-electron chi connectivity index (χ0n) is 15.6. The minimum atomic E-state index is -0.866. The van der Waals surface area contributed by atoms with Crippen LogP contribution in [0.5, 0.6) is 5.75 Å². The first-order chi connectivity index (χ1) is 13.5. The lowest BCUT2D eigenvalue weighted by atomic mass is 10.1. The van der Waals surface area contributed by atoms with E-state index in [-0.39, 0.29) is 25.3 Å². The molecule has 0 bridgehead atoms. The van der Waals surface area contributed by atoms with E-state index in [0.717, 1.165) is 16.5 Å². The summed E-state index contributed by atoms with van der Waals surface area (Å²) in [6.45, 7) is 0.470. The highest BCUT2D eigenvalue weighted by Gasteiger charge is 2.13. The number of rotatable bonds is 8. The van der Waals surface area contributed by atoms with Crippen LogP contribution in [0.4, 0.5) is 0 Å². The summed E-state index contributed by atoms with van der Waals surface area (Å²) in [5.41, 5.74) is 2.01. The molecule has 0 amide bonds. The van der Waals surface area contributed by atoms with Crippen molar-refractivity contribution >= 4 is 22.5 Å². The van der Waals surface area contributed by atoms with Crippen molar-refractivity contribution in [2.75, 3.05) is 20.3 Å². The summed E-state index contributed by atoms with van der Waals surface area (Å²) in [6, 6.07) is 14.8. The van der Waals surface area contributed by atoms with E-state index in [1.165, 1.54) is 0 Å². The number of benzene rings is 2. The van der Waals surface area contributed by atoms with Gasteiger partial charge in [-0.3, -0.25) is 4.79 Å². The van der Waals surface area contributed by atoms with Crippen LogP contribution >= 0.6 is 11.6 Å². The second kappa shape index (κ2) is 9.21. The fourth-order valence-corrected chi connectivity index (χ4v) is 3.25. The van der Waals surface area contributed by atoms with Gasteiger partial charge >= 0.3 is 0 Å². The topological polar surface area (TPSA) is 83.7 Å². The third-order valence-corrected chi connectivity index (χ3v) is 4.94. The van der Waals surface area contributed by atoms with Crippen molar-refractivity contribution in [2.45, 2.75) is 19.2 Å². The average Bonchev–Trinajstić information content (AvgIpc) is 2.71. The standard InChI is InChI=1S/C21H23ClN2O4/c1-28-18-7-6-14-8-16(10-23-11-17(26)13-25)21(27)24(20(14)9-18)12-15-4-2-3-5-19(15)22/h2-9,17,23,25-26H,10-13H2,1H3/t17-/m1/s1. The Hall–Kier alpha value is -2.38. The average molecular weight is 403 g/mol. The summed E-state index contributed by atoms with van der Waals surface area (Å²) in [7, 11) is 1.59. The van der Waals surface area contributed by atoms with Crippen molar-refractivity contribution in [1.29, 1.82) is 0 Å². The van der Waals surface area contributed by atoms with Crippen LogP contribution in [0, 0.1) is 0 Å². The van der Waals surface area contributed by atoms with Crippen LogP contribution < -0.4 is 15.6 Å². The minimum Gasteiger partial charge on any atom is -0.497 e. The lowest BCUT2D eigenvalue weighted by molar-refractivity contribution is 0.0942. The molecule has 7 heteroatoms. The lowest BCUT2D eigenvalue weighted by Gasteiger charge is -2.16. The van der Waals surface area contributed by atoms with Crippen molar-refractivity contribution in [3.05, 3.63) is 75.0 Å². The highest BCUT2D eigenvalue weighted by atomic mass is 35.5. The van der Waals surface area contributed by atoms with Gasteiger partial charge in [0.2, 0.25) is 0 Å². The molecule has 3 N–H and O–H groups in total. The van der Waals surface area contributed by atoms with Crippen molar-refractivity contribution in [1.82, 2.24) is 9.88 Å². The third-order valence-electron chi connectivity index (χ3n) is 4.57. The van der Waals surface area contributed by atoms with Crippen LogP contribution in [-0.4, -0.2) is 41.1 Å². The predicted octanol–water partition coefficient (Wildman–Crippen LogP) is 2.15. The second-order valence-electron chi connectivity index (χ2n) is 6.54. The van der Waals surface area contributed by atoms with E-state index in [1.807, 2.05) is 42.5 Å². The van der Waals surface area contributed by atoms with E-state index >= 15 is 0 Å². The number of hydrogen-bond acceptors (Lipinski definition) is 5. The summed E-state index contributed by atoms with van der Waals surface area (Å²) < 4.78 is 7.00. The van der Waals surface area contributed by atoms with Gasteiger partial charge in [-0.15, -0.1) is 0 Å². The van der Waals surface area contributed by atoms with Crippen molar-refractivity contribution < 1.29 is 14.9 Å². The van der Waals surface area contributed by atoms with Gasteiger partial charge in [-0.2, -0.15) is 0 Å². The Balaban J connectivity index is 2.05. The Bertz CT molecular complexity index is 1020. The van der Waals surface area contributed by atoms with E-state index in [4.69, 9.17) is 21.4 Å². The lowest BCUT2D eigenvalue weighted by Crippen LogP contribution is -2.32. The Morgan fingerprint density at radius 3 is 2.68 bits per heavy atom. The monoisotopic (exact) mass is 402 g/mol. The predicted molar refractivity (Wildman–Crippen MR) is 110 cm³/mol. The maximum Gasteiger partial charge on any atom is 0.255 e. The molecule has 1 heterocycles. The first-order valence-corrected chi connectivity index (χ1v) is 9.34. The molecular weight excluding hydrogens is 380 g/mol. The van der Waals surface area contributed by atoms with Crippen LogP contribution in [0.1, 0.15) is 11.1 Å². The fraction of sp³-hybridized carbons (Fsp3) is 0.286. The summed E-state index contributed by atoms with van der Waals surface area (Å²) in [5, 5.41) is 22.9. The van der Waals surface area contributed by atoms with E-state index in [0.29, 0.717) is 22.9 Å². The van der Waals surface area contributed by atoms with Gasteiger partial charge in [0.15, 0.2) is 0 Å². The Morgan fingerprint density at radius 2 is 1.96 bits per heavy atom. The molecule has 0 aliphatic carbocycles. The van der Waals surface area contributed by atoms with E-state index in [9.17, 15) is 9.90 Å². The molecule has 148 valence electrons. The number of pyridine rings is 1. The molecule has 1 aromatic heterocycles. The van der Waals surface area contributed by atoms with Gasteiger partial charge in [0.05, 0.1) is 31.9 Å². The smallest absolute Gasteiger partial charge is 0.255 e. The zero-order valence-corrected chi connectivity index (χ0v) is 16.3. The normalized spacial score (nSPS) is 12.3. The summed E-state index contributed by atoms with van der Waals surface area (Å²) >= 11 is 6.31. The molecule has 0 saturated heterocycles. The number of aliphatic hydroxyl groups excluding tert-OH is 2. The molecule has 28 heavy (non-hydrogen) atoms. The fourth-order valence-electron chi connectivity index (χ4n) is 3.06. The number of halogens is 1.